The Morgan fingerprint density at radius 2 is 2.08 bits per heavy atom. The zero-order chi connectivity index (χ0) is 10.1. The first kappa shape index (κ1) is 10.5. The van der Waals surface area contributed by atoms with Crippen LogP contribution in [-0.2, 0) is 19.2 Å². The van der Waals surface area contributed by atoms with Gasteiger partial charge in [0.2, 0.25) is 0 Å². The number of hydrogen-bond acceptors (Lipinski definition) is 3. The lowest BCUT2D eigenvalue weighted by atomic mass is 10.3. The van der Waals surface area contributed by atoms with E-state index in [4.69, 9.17) is 5.11 Å². The summed E-state index contributed by atoms with van der Waals surface area (Å²) in [5, 5.41) is 7.85. The van der Waals surface area contributed by atoms with Gasteiger partial charge in [0.05, 0.1) is 17.2 Å². The van der Waals surface area contributed by atoms with Crippen LogP contribution >= 0.6 is 11.3 Å². The van der Waals surface area contributed by atoms with E-state index >= 15 is 0 Å². The fourth-order valence-electron chi connectivity index (χ4n) is 0.904. The van der Waals surface area contributed by atoms with Crippen molar-refractivity contribution >= 4 is 11.3 Å². The Labute approximate surface area is 77.0 Å². The molecule has 0 spiro atoms. The third-order valence-corrected chi connectivity index (χ3v) is 2.63. The second-order valence-electron chi connectivity index (χ2n) is 2.40. The molecule has 0 aliphatic heterocycles. The number of alkyl halides is 3. The minimum absolute atomic E-state index is 0.301. The highest BCUT2D eigenvalue weighted by Gasteiger charge is 2.35. The SMILES string of the molecule is CCc1nc(C(F)(F)F)sc1CO. The maximum atomic E-state index is 12.1. The molecule has 0 radical (unpaired) electrons. The van der Waals surface area contributed by atoms with Gasteiger partial charge in [0.1, 0.15) is 0 Å². The molecule has 1 aromatic rings. The van der Waals surface area contributed by atoms with Crippen LogP contribution in [0.4, 0.5) is 13.2 Å². The van der Waals surface area contributed by atoms with Gasteiger partial charge >= 0.3 is 6.18 Å². The van der Waals surface area contributed by atoms with Crippen LogP contribution in [0.5, 0.6) is 0 Å². The summed E-state index contributed by atoms with van der Waals surface area (Å²) in [6.07, 6.45) is -4.00. The van der Waals surface area contributed by atoms with Gasteiger partial charge in [-0.15, -0.1) is 11.3 Å². The Morgan fingerprint density at radius 3 is 2.38 bits per heavy atom. The lowest BCUT2D eigenvalue weighted by Crippen LogP contribution is -2.03. The lowest BCUT2D eigenvalue weighted by Gasteiger charge is -1.98. The number of aryl methyl sites for hydroxylation is 1. The molecular weight excluding hydrogens is 203 g/mol. The number of rotatable bonds is 2. The van der Waals surface area contributed by atoms with E-state index in [0.29, 0.717) is 28.3 Å². The maximum Gasteiger partial charge on any atom is 0.443 e. The van der Waals surface area contributed by atoms with E-state index in [1.165, 1.54) is 0 Å². The zero-order valence-corrected chi connectivity index (χ0v) is 7.67. The molecule has 13 heavy (non-hydrogen) atoms. The third-order valence-electron chi connectivity index (χ3n) is 1.50. The van der Waals surface area contributed by atoms with Gasteiger partial charge in [0.25, 0.3) is 0 Å². The molecular formula is C7H8F3NOS. The van der Waals surface area contributed by atoms with Gasteiger partial charge in [0.15, 0.2) is 5.01 Å². The summed E-state index contributed by atoms with van der Waals surface area (Å²) in [4.78, 5) is 3.71. The Morgan fingerprint density at radius 1 is 1.46 bits per heavy atom. The van der Waals surface area contributed by atoms with E-state index in [-0.39, 0.29) is 6.61 Å². The monoisotopic (exact) mass is 211 g/mol. The Kier molecular flexibility index (Phi) is 2.92. The van der Waals surface area contributed by atoms with Crippen LogP contribution in [-0.4, -0.2) is 10.1 Å². The number of aliphatic hydroxyl groups is 1. The standard InChI is InChI=1S/C7H8F3NOS/c1-2-4-5(3-12)13-6(11-4)7(8,9)10/h12H,2-3H2,1H3. The summed E-state index contributed by atoms with van der Waals surface area (Å²) in [5.74, 6) is 0. The van der Waals surface area contributed by atoms with Crippen molar-refractivity contribution in [1.29, 1.82) is 0 Å². The molecule has 6 heteroatoms. The van der Waals surface area contributed by atoms with Gasteiger partial charge < -0.3 is 5.11 Å². The average molecular weight is 211 g/mol. The molecule has 0 aromatic carbocycles. The fraction of sp³-hybridized carbons (Fsp3) is 0.571. The van der Waals surface area contributed by atoms with E-state index in [1.54, 1.807) is 6.92 Å². The average Bonchev–Trinajstić information content (AvgIpc) is 2.45. The summed E-state index contributed by atoms with van der Waals surface area (Å²) in [7, 11) is 0. The topological polar surface area (TPSA) is 33.1 Å². The number of thiazole rings is 1. The molecule has 74 valence electrons. The smallest absolute Gasteiger partial charge is 0.391 e. The highest BCUT2D eigenvalue weighted by Crippen LogP contribution is 2.34. The second-order valence-corrected chi connectivity index (χ2v) is 3.48. The van der Waals surface area contributed by atoms with E-state index in [2.05, 4.69) is 4.98 Å². The summed E-state index contributed by atoms with van der Waals surface area (Å²) in [6, 6.07) is 0. The highest BCUT2D eigenvalue weighted by atomic mass is 32.1. The fourth-order valence-corrected chi connectivity index (χ4v) is 1.78. The molecule has 0 aliphatic rings. The molecule has 0 saturated heterocycles. The molecule has 2 nitrogen and oxygen atoms in total. The lowest BCUT2D eigenvalue weighted by molar-refractivity contribution is -0.137. The van der Waals surface area contributed by atoms with Crippen molar-refractivity contribution in [3.05, 3.63) is 15.6 Å². The van der Waals surface area contributed by atoms with Crippen molar-refractivity contribution in [2.45, 2.75) is 26.1 Å². The first-order valence-corrected chi connectivity index (χ1v) is 4.47. The van der Waals surface area contributed by atoms with Crippen LogP contribution < -0.4 is 0 Å². The van der Waals surface area contributed by atoms with Crippen LogP contribution in [0.1, 0.15) is 22.5 Å². The molecule has 1 aromatic heterocycles. The maximum absolute atomic E-state index is 12.1. The minimum atomic E-state index is -4.40. The van der Waals surface area contributed by atoms with Crippen LogP contribution in [0.2, 0.25) is 0 Å². The van der Waals surface area contributed by atoms with Crippen molar-refractivity contribution in [2.75, 3.05) is 0 Å². The predicted molar refractivity (Wildman–Crippen MR) is 42.4 cm³/mol. The van der Waals surface area contributed by atoms with Crippen LogP contribution in [0.25, 0.3) is 0 Å². The molecule has 1 heterocycles. The van der Waals surface area contributed by atoms with Crippen LogP contribution in [0, 0.1) is 0 Å². The quantitative estimate of drug-likeness (QED) is 0.813. The summed E-state index contributed by atoms with van der Waals surface area (Å²) in [5.41, 5.74) is 0.333. The largest absolute Gasteiger partial charge is 0.443 e. The molecule has 0 amide bonds. The molecule has 0 atom stereocenters. The van der Waals surface area contributed by atoms with Gasteiger partial charge in [-0.2, -0.15) is 13.2 Å². The minimum Gasteiger partial charge on any atom is -0.391 e. The second kappa shape index (κ2) is 3.63. The van der Waals surface area contributed by atoms with E-state index in [1.807, 2.05) is 0 Å². The number of halogens is 3. The van der Waals surface area contributed by atoms with Crippen molar-refractivity contribution < 1.29 is 18.3 Å². The Balaban J connectivity index is 3.07. The van der Waals surface area contributed by atoms with E-state index < -0.39 is 11.2 Å². The summed E-state index contributed by atoms with van der Waals surface area (Å²) >= 11 is 0.505. The zero-order valence-electron chi connectivity index (χ0n) is 6.85. The van der Waals surface area contributed by atoms with Crippen LogP contribution in [0.15, 0.2) is 0 Å². The molecule has 0 unspecified atom stereocenters. The number of aromatic nitrogens is 1. The highest BCUT2D eigenvalue weighted by molar-refractivity contribution is 7.11. The molecule has 0 fully saturated rings. The summed E-state index contributed by atoms with van der Waals surface area (Å²) < 4.78 is 36.4. The molecule has 0 aliphatic carbocycles. The summed E-state index contributed by atoms with van der Waals surface area (Å²) in [6.45, 7) is 1.32. The van der Waals surface area contributed by atoms with Gasteiger partial charge in [0, 0.05) is 0 Å². The molecule has 0 saturated carbocycles. The van der Waals surface area contributed by atoms with Crippen molar-refractivity contribution in [3.8, 4) is 0 Å². The first-order valence-electron chi connectivity index (χ1n) is 3.65. The number of hydrogen-bond donors (Lipinski definition) is 1. The van der Waals surface area contributed by atoms with Gasteiger partial charge in [-0.1, -0.05) is 6.92 Å². The van der Waals surface area contributed by atoms with Gasteiger partial charge in [-0.25, -0.2) is 4.98 Å². The van der Waals surface area contributed by atoms with E-state index in [0.717, 1.165) is 0 Å². The van der Waals surface area contributed by atoms with Crippen molar-refractivity contribution in [1.82, 2.24) is 4.98 Å². The van der Waals surface area contributed by atoms with Crippen molar-refractivity contribution in [3.63, 3.8) is 0 Å². The van der Waals surface area contributed by atoms with Crippen LogP contribution in [0.3, 0.4) is 0 Å². The third kappa shape index (κ3) is 2.19. The number of aliphatic hydroxyl groups excluding tert-OH is 1. The molecule has 0 bridgehead atoms. The van der Waals surface area contributed by atoms with Crippen molar-refractivity contribution in [2.24, 2.45) is 0 Å². The predicted octanol–water partition coefficient (Wildman–Crippen LogP) is 2.22. The Bertz CT molecular complexity index is 273. The molecule has 1 N–H and O–H groups in total. The first-order chi connectivity index (χ1) is 5.99. The number of nitrogens with zero attached hydrogens (tertiary/aromatic N) is 1. The van der Waals surface area contributed by atoms with E-state index in [9.17, 15) is 13.2 Å². The normalized spacial score (nSPS) is 12.1. The van der Waals surface area contributed by atoms with Gasteiger partial charge in [-0.3, -0.25) is 0 Å². The van der Waals surface area contributed by atoms with Gasteiger partial charge in [-0.05, 0) is 6.42 Å². The molecule has 1 rings (SSSR count). The Hall–Kier alpha value is -0.620.